The van der Waals surface area contributed by atoms with Crippen LogP contribution in [0.4, 0.5) is 0 Å². The Morgan fingerprint density at radius 1 is 1.33 bits per heavy atom. The molecule has 0 spiro atoms. The number of hydrogen-bond donors (Lipinski definition) is 0. The average Bonchev–Trinajstić information content (AvgIpc) is 3.16. The molecule has 3 rings (SSSR count). The number of likely N-dealkylation sites (tertiary alicyclic amines) is 1. The minimum Gasteiger partial charge on any atom is -0.339 e. The smallest absolute Gasteiger partial charge is 0.253 e. The second kappa shape index (κ2) is 6.35. The number of carbonyl (C=O) groups is 1. The Hall–Kier alpha value is -1.75. The van der Waals surface area contributed by atoms with Gasteiger partial charge in [0.1, 0.15) is 0 Å². The van der Waals surface area contributed by atoms with Crippen molar-refractivity contribution in [1.82, 2.24) is 14.5 Å². The van der Waals surface area contributed by atoms with Gasteiger partial charge in [-0.1, -0.05) is 23.9 Å². The van der Waals surface area contributed by atoms with E-state index >= 15 is 0 Å². The maximum atomic E-state index is 12.4. The highest BCUT2D eigenvalue weighted by atomic mass is 32.2. The zero-order chi connectivity index (χ0) is 14.7. The van der Waals surface area contributed by atoms with Crippen molar-refractivity contribution in [2.75, 3.05) is 13.1 Å². The van der Waals surface area contributed by atoms with Crippen molar-refractivity contribution in [2.24, 2.45) is 7.05 Å². The third kappa shape index (κ3) is 3.29. The highest BCUT2D eigenvalue weighted by Crippen LogP contribution is 2.22. The molecule has 110 valence electrons. The molecule has 1 amide bonds. The van der Waals surface area contributed by atoms with Crippen molar-refractivity contribution in [3.63, 3.8) is 0 Å². The molecule has 0 saturated carbocycles. The lowest BCUT2D eigenvalue weighted by atomic mass is 10.1. The molecule has 1 aliphatic rings. The number of benzene rings is 1. The van der Waals surface area contributed by atoms with E-state index in [-0.39, 0.29) is 5.91 Å². The van der Waals surface area contributed by atoms with Crippen LogP contribution in [0.5, 0.6) is 0 Å². The SMILES string of the molecule is Cn1ccnc1SCc1cccc(C(=O)N2CCCC2)c1. The number of rotatable bonds is 4. The maximum absolute atomic E-state index is 12.4. The van der Waals surface area contributed by atoms with Gasteiger partial charge in [0.25, 0.3) is 5.91 Å². The molecule has 21 heavy (non-hydrogen) atoms. The molecule has 1 fully saturated rings. The van der Waals surface area contributed by atoms with Crippen LogP contribution in [-0.2, 0) is 12.8 Å². The van der Waals surface area contributed by atoms with E-state index in [0.29, 0.717) is 0 Å². The van der Waals surface area contributed by atoms with E-state index in [4.69, 9.17) is 0 Å². The Bertz CT molecular complexity index is 632. The van der Waals surface area contributed by atoms with Crippen LogP contribution in [0.1, 0.15) is 28.8 Å². The molecule has 0 atom stereocenters. The number of nitrogens with zero attached hydrogens (tertiary/aromatic N) is 3. The first kappa shape index (κ1) is 14.2. The largest absolute Gasteiger partial charge is 0.339 e. The molecular weight excluding hydrogens is 282 g/mol. The molecule has 0 unspecified atom stereocenters. The van der Waals surface area contributed by atoms with Gasteiger partial charge in [-0.3, -0.25) is 4.79 Å². The van der Waals surface area contributed by atoms with Crippen LogP contribution in [0.2, 0.25) is 0 Å². The zero-order valence-corrected chi connectivity index (χ0v) is 13.0. The van der Waals surface area contributed by atoms with E-state index in [1.807, 2.05) is 40.9 Å². The van der Waals surface area contributed by atoms with Crippen molar-refractivity contribution in [1.29, 1.82) is 0 Å². The van der Waals surface area contributed by atoms with Crippen LogP contribution >= 0.6 is 11.8 Å². The Labute approximate surface area is 129 Å². The fraction of sp³-hybridized carbons (Fsp3) is 0.375. The minimum absolute atomic E-state index is 0.163. The van der Waals surface area contributed by atoms with Gasteiger partial charge in [0.05, 0.1) is 0 Å². The van der Waals surface area contributed by atoms with Crippen LogP contribution in [-0.4, -0.2) is 33.4 Å². The van der Waals surface area contributed by atoms with Crippen molar-refractivity contribution >= 4 is 17.7 Å². The lowest BCUT2D eigenvalue weighted by Crippen LogP contribution is -2.27. The first-order valence-electron chi connectivity index (χ1n) is 7.22. The Balaban J connectivity index is 1.68. The quantitative estimate of drug-likeness (QED) is 0.815. The molecule has 1 saturated heterocycles. The Morgan fingerprint density at radius 3 is 2.86 bits per heavy atom. The molecular formula is C16H19N3OS. The van der Waals surface area contributed by atoms with Gasteiger partial charge in [0.15, 0.2) is 5.16 Å². The first-order valence-corrected chi connectivity index (χ1v) is 8.21. The predicted octanol–water partition coefficient (Wildman–Crippen LogP) is 2.95. The summed E-state index contributed by atoms with van der Waals surface area (Å²) in [6, 6.07) is 7.96. The van der Waals surface area contributed by atoms with Gasteiger partial charge < -0.3 is 9.47 Å². The van der Waals surface area contributed by atoms with Gasteiger partial charge in [0, 0.05) is 43.8 Å². The standard InChI is InChI=1S/C16H19N3OS/c1-18-10-7-17-16(18)21-12-13-5-4-6-14(11-13)15(20)19-8-2-3-9-19/h4-7,10-11H,2-3,8-9,12H2,1H3. The van der Waals surface area contributed by atoms with Crippen molar-refractivity contribution in [3.8, 4) is 0 Å². The molecule has 2 aromatic rings. The van der Waals surface area contributed by atoms with Crippen LogP contribution in [0.15, 0.2) is 41.8 Å². The van der Waals surface area contributed by atoms with Gasteiger partial charge >= 0.3 is 0 Å². The van der Waals surface area contributed by atoms with Crippen LogP contribution in [0.25, 0.3) is 0 Å². The number of imidazole rings is 1. The summed E-state index contributed by atoms with van der Waals surface area (Å²) < 4.78 is 2.00. The summed E-state index contributed by atoms with van der Waals surface area (Å²) in [5.41, 5.74) is 1.96. The normalized spacial score (nSPS) is 14.6. The van der Waals surface area contributed by atoms with Gasteiger partial charge in [-0.2, -0.15) is 0 Å². The summed E-state index contributed by atoms with van der Waals surface area (Å²) >= 11 is 1.69. The fourth-order valence-corrected chi connectivity index (χ4v) is 3.41. The number of thioether (sulfide) groups is 1. The third-order valence-corrected chi connectivity index (χ3v) is 4.84. The predicted molar refractivity (Wildman–Crippen MR) is 84.3 cm³/mol. The zero-order valence-electron chi connectivity index (χ0n) is 12.2. The summed E-state index contributed by atoms with van der Waals surface area (Å²) in [5, 5.41) is 0.992. The summed E-state index contributed by atoms with van der Waals surface area (Å²) in [6.07, 6.45) is 5.99. The number of hydrogen-bond acceptors (Lipinski definition) is 3. The van der Waals surface area contributed by atoms with E-state index in [1.165, 1.54) is 0 Å². The number of aromatic nitrogens is 2. The summed E-state index contributed by atoms with van der Waals surface area (Å²) in [6.45, 7) is 1.79. The lowest BCUT2D eigenvalue weighted by Gasteiger charge is -2.15. The fourth-order valence-electron chi connectivity index (χ4n) is 2.54. The van der Waals surface area contributed by atoms with Gasteiger partial charge in [-0.15, -0.1) is 0 Å². The van der Waals surface area contributed by atoms with E-state index in [2.05, 4.69) is 11.1 Å². The van der Waals surface area contributed by atoms with Crippen LogP contribution < -0.4 is 0 Å². The first-order chi connectivity index (χ1) is 10.2. The summed E-state index contributed by atoms with van der Waals surface area (Å²) in [5.74, 6) is 0.989. The Morgan fingerprint density at radius 2 is 2.14 bits per heavy atom. The molecule has 4 nitrogen and oxygen atoms in total. The Kier molecular flexibility index (Phi) is 4.29. The highest BCUT2D eigenvalue weighted by molar-refractivity contribution is 7.98. The van der Waals surface area contributed by atoms with E-state index in [0.717, 1.165) is 48.0 Å². The van der Waals surface area contributed by atoms with Crippen molar-refractivity contribution in [3.05, 3.63) is 47.8 Å². The average molecular weight is 301 g/mol. The van der Waals surface area contributed by atoms with E-state index < -0.39 is 0 Å². The second-order valence-corrected chi connectivity index (χ2v) is 6.25. The highest BCUT2D eigenvalue weighted by Gasteiger charge is 2.19. The number of carbonyl (C=O) groups excluding carboxylic acids is 1. The number of aryl methyl sites for hydroxylation is 1. The second-order valence-electron chi connectivity index (χ2n) is 5.31. The maximum Gasteiger partial charge on any atom is 0.253 e. The van der Waals surface area contributed by atoms with Gasteiger partial charge in [-0.25, -0.2) is 4.98 Å². The number of amides is 1. The summed E-state index contributed by atoms with van der Waals surface area (Å²) in [7, 11) is 1.99. The third-order valence-electron chi connectivity index (χ3n) is 3.71. The molecule has 1 aromatic heterocycles. The van der Waals surface area contributed by atoms with E-state index in [9.17, 15) is 4.79 Å². The molecule has 5 heteroatoms. The molecule has 2 heterocycles. The molecule has 0 radical (unpaired) electrons. The minimum atomic E-state index is 0.163. The molecule has 0 bridgehead atoms. The molecule has 1 aliphatic heterocycles. The van der Waals surface area contributed by atoms with E-state index in [1.54, 1.807) is 18.0 Å². The van der Waals surface area contributed by atoms with Crippen LogP contribution in [0.3, 0.4) is 0 Å². The summed E-state index contributed by atoms with van der Waals surface area (Å²) in [4.78, 5) is 18.6. The van der Waals surface area contributed by atoms with Gasteiger partial charge in [0.2, 0.25) is 0 Å². The van der Waals surface area contributed by atoms with Crippen molar-refractivity contribution in [2.45, 2.75) is 23.8 Å². The monoisotopic (exact) mass is 301 g/mol. The molecule has 0 aliphatic carbocycles. The molecule has 1 aromatic carbocycles. The lowest BCUT2D eigenvalue weighted by molar-refractivity contribution is 0.0792. The van der Waals surface area contributed by atoms with Crippen LogP contribution in [0, 0.1) is 0 Å². The van der Waals surface area contributed by atoms with Gasteiger partial charge in [-0.05, 0) is 30.5 Å². The molecule has 0 N–H and O–H groups in total. The topological polar surface area (TPSA) is 38.1 Å². The van der Waals surface area contributed by atoms with Crippen molar-refractivity contribution < 1.29 is 4.79 Å².